The SMILES string of the molecule is Nc1n[nH]c2c1CCCn1cc(C(=O)O)cc1-2. The summed E-state index contributed by atoms with van der Waals surface area (Å²) in [7, 11) is 0. The number of aromatic nitrogens is 3. The average Bonchev–Trinajstić information content (AvgIpc) is 2.81. The lowest BCUT2D eigenvalue weighted by molar-refractivity contribution is 0.0697. The van der Waals surface area contributed by atoms with Crippen LogP contribution in [0.5, 0.6) is 0 Å². The van der Waals surface area contributed by atoms with E-state index in [1.165, 1.54) is 0 Å². The lowest BCUT2D eigenvalue weighted by atomic mass is 10.1. The molecule has 2 aromatic heterocycles. The third kappa shape index (κ3) is 1.41. The fourth-order valence-corrected chi connectivity index (χ4v) is 2.29. The fraction of sp³-hybridized carbons (Fsp3) is 0.273. The van der Waals surface area contributed by atoms with Crippen molar-refractivity contribution in [3.05, 3.63) is 23.4 Å². The molecule has 1 aliphatic rings. The van der Waals surface area contributed by atoms with Gasteiger partial charge < -0.3 is 15.4 Å². The van der Waals surface area contributed by atoms with Gasteiger partial charge >= 0.3 is 5.97 Å². The van der Waals surface area contributed by atoms with Crippen molar-refractivity contribution in [2.24, 2.45) is 0 Å². The third-order valence-corrected chi connectivity index (χ3v) is 3.12. The Kier molecular flexibility index (Phi) is 1.98. The van der Waals surface area contributed by atoms with Crippen molar-refractivity contribution in [1.82, 2.24) is 14.8 Å². The van der Waals surface area contributed by atoms with Gasteiger partial charge in [0.1, 0.15) is 5.82 Å². The van der Waals surface area contributed by atoms with Crippen LogP contribution in [-0.4, -0.2) is 25.8 Å². The molecule has 0 unspecified atom stereocenters. The van der Waals surface area contributed by atoms with Crippen LogP contribution in [-0.2, 0) is 13.0 Å². The van der Waals surface area contributed by atoms with Crippen LogP contribution in [0.1, 0.15) is 22.3 Å². The minimum absolute atomic E-state index is 0.293. The topological polar surface area (TPSA) is 96.9 Å². The molecule has 2 aromatic rings. The Labute approximate surface area is 97.1 Å². The summed E-state index contributed by atoms with van der Waals surface area (Å²) in [6.07, 6.45) is 3.45. The first-order chi connectivity index (χ1) is 8.16. The molecular formula is C11H12N4O2. The fourth-order valence-electron chi connectivity index (χ4n) is 2.29. The molecule has 0 spiro atoms. The number of nitrogens with two attached hydrogens (primary N) is 1. The van der Waals surface area contributed by atoms with E-state index in [0.29, 0.717) is 11.4 Å². The van der Waals surface area contributed by atoms with Crippen LogP contribution in [0.25, 0.3) is 11.4 Å². The van der Waals surface area contributed by atoms with Gasteiger partial charge in [0.05, 0.1) is 17.0 Å². The molecule has 0 bridgehead atoms. The van der Waals surface area contributed by atoms with Crippen LogP contribution >= 0.6 is 0 Å². The zero-order chi connectivity index (χ0) is 12.0. The highest BCUT2D eigenvalue weighted by Crippen LogP contribution is 2.31. The lowest BCUT2D eigenvalue weighted by Gasteiger charge is -2.02. The van der Waals surface area contributed by atoms with Gasteiger partial charge in [-0.25, -0.2) is 4.79 Å². The van der Waals surface area contributed by atoms with Gasteiger partial charge in [-0.1, -0.05) is 0 Å². The van der Waals surface area contributed by atoms with Crippen molar-refractivity contribution in [1.29, 1.82) is 0 Å². The molecule has 1 aliphatic heterocycles. The maximum atomic E-state index is 11.0. The monoisotopic (exact) mass is 232 g/mol. The molecule has 0 fully saturated rings. The van der Waals surface area contributed by atoms with Crippen molar-refractivity contribution in [2.75, 3.05) is 5.73 Å². The van der Waals surface area contributed by atoms with Crippen molar-refractivity contribution in [3.8, 4) is 11.4 Å². The van der Waals surface area contributed by atoms with Gasteiger partial charge in [0.15, 0.2) is 0 Å². The molecule has 4 N–H and O–H groups in total. The van der Waals surface area contributed by atoms with E-state index in [9.17, 15) is 4.79 Å². The first kappa shape index (κ1) is 9.95. The summed E-state index contributed by atoms with van der Waals surface area (Å²) in [4.78, 5) is 11.0. The van der Waals surface area contributed by atoms with Crippen LogP contribution in [0.15, 0.2) is 12.3 Å². The number of fused-ring (bicyclic) bond motifs is 3. The summed E-state index contributed by atoms with van der Waals surface area (Å²) in [5, 5.41) is 15.9. The molecule has 0 amide bonds. The number of aryl methyl sites for hydroxylation is 1. The summed E-state index contributed by atoms with van der Waals surface area (Å²) in [6.45, 7) is 0.796. The summed E-state index contributed by atoms with van der Waals surface area (Å²) in [6, 6.07) is 1.66. The number of H-pyrrole nitrogens is 1. The molecule has 0 saturated carbocycles. The van der Waals surface area contributed by atoms with E-state index < -0.39 is 5.97 Å². The number of rotatable bonds is 1. The first-order valence-corrected chi connectivity index (χ1v) is 5.43. The van der Waals surface area contributed by atoms with E-state index in [2.05, 4.69) is 10.2 Å². The number of aromatic carboxylic acids is 1. The number of hydrogen-bond donors (Lipinski definition) is 3. The minimum Gasteiger partial charge on any atom is -0.478 e. The van der Waals surface area contributed by atoms with Crippen LogP contribution in [0, 0.1) is 0 Å². The maximum absolute atomic E-state index is 11.0. The Morgan fingerprint density at radius 1 is 1.59 bits per heavy atom. The Hall–Kier alpha value is -2.24. The van der Waals surface area contributed by atoms with Crippen LogP contribution in [0.4, 0.5) is 5.82 Å². The normalized spacial score (nSPS) is 13.9. The lowest BCUT2D eigenvalue weighted by Crippen LogP contribution is -1.98. The van der Waals surface area contributed by atoms with Gasteiger partial charge in [0, 0.05) is 18.3 Å². The maximum Gasteiger partial charge on any atom is 0.337 e. The molecule has 6 heteroatoms. The van der Waals surface area contributed by atoms with E-state index in [-0.39, 0.29) is 0 Å². The standard InChI is InChI=1S/C11H12N4O2/c12-10-7-2-1-3-15-5-6(11(16)17)4-8(15)9(7)13-14-10/h4-5H,1-3H2,(H,16,17)(H3,12,13,14). The molecule has 0 atom stereocenters. The van der Waals surface area contributed by atoms with Crippen LogP contribution in [0.2, 0.25) is 0 Å². The van der Waals surface area contributed by atoms with Crippen molar-refractivity contribution in [2.45, 2.75) is 19.4 Å². The highest BCUT2D eigenvalue weighted by atomic mass is 16.4. The number of anilines is 1. The Morgan fingerprint density at radius 2 is 2.41 bits per heavy atom. The molecular weight excluding hydrogens is 220 g/mol. The smallest absolute Gasteiger partial charge is 0.337 e. The number of carboxylic acid groups (broad SMARTS) is 1. The highest BCUT2D eigenvalue weighted by Gasteiger charge is 2.21. The Morgan fingerprint density at radius 3 is 3.18 bits per heavy atom. The summed E-state index contributed by atoms with van der Waals surface area (Å²) >= 11 is 0. The second-order valence-electron chi connectivity index (χ2n) is 4.18. The van der Waals surface area contributed by atoms with Crippen LogP contribution in [0.3, 0.4) is 0 Å². The van der Waals surface area contributed by atoms with Gasteiger partial charge in [-0.3, -0.25) is 5.10 Å². The summed E-state index contributed by atoms with van der Waals surface area (Å²) in [5.74, 6) is -0.411. The van der Waals surface area contributed by atoms with Gasteiger partial charge in [-0.2, -0.15) is 5.10 Å². The molecule has 88 valence electrons. The van der Waals surface area contributed by atoms with E-state index in [0.717, 1.165) is 36.3 Å². The number of hydrogen-bond acceptors (Lipinski definition) is 3. The van der Waals surface area contributed by atoms with Gasteiger partial charge in [-0.15, -0.1) is 0 Å². The predicted octanol–water partition coefficient (Wildman–Crippen LogP) is 1.10. The molecule has 0 aromatic carbocycles. The first-order valence-electron chi connectivity index (χ1n) is 5.43. The zero-order valence-electron chi connectivity index (χ0n) is 9.10. The summed E-state index contributed by atoms with van der Waals surface area (Å²) in [5.41, 5.74) is 8.75. The molecule has 6 nitrogen and oxygen atoms in total. The number of aromatic amines is 1. The molecule has 3 rings (SSSR count). The number of nitrogens with one attached hydrogen (secondary N) is 1. The third-order valence-electron chi connectivity index (χ3n) is 3.12. The molecule has 0 saturated heterocycles. The quantitative estimate of drug-likeness (QED) is 0.686. The zero-order valence-corrected chi connectivity index (χ0v) is 9.10. The number of carboxylic acids is 1. The molecule has 17 heavy (non-hydrogen) atoms. The van der Waals surface area contributed by atoms with E-state index in [1.807, 2.05) is 4.57 Å². The molecule has 3 heterocycles. The second-order valence-corrected chi connectivity index (χ2v) is 4.18. The minimum atomic E-state index is -0.917. The Balaban J connectivity index is 2.21. The highest BCUT2D eigenvalue weighted by molar-refractivity contribution is 5.89. The van der Waals surface area contributed by atoms with E-state index in [4.69, 9.17) is 10.8 Å². The molecule has 0 aliphatic carbocycles. The van der Waals surface area contributed by atoms with Gasteiger partial charge in [0.25, 0.3) is 0 Å². The average molecular weight is 232 g/mol. The van der Waals surface area contributed by atoms with Crippen molar-refractivity contribution >= 4 is 11.8 Å². The van der Waals surface area contributed by atoms with Crippen molar-refractivity contribution < 1.29 is 9.90 Å². The van der Waals surface area contributed by atoms with Crippen LogP contribution < -0.4 is 5.73 Å². The van der Waals surface area contributed by atoms with Crippen molar-refractivity contribution in [3.63, 3.8) is 0 Å². The summed E-state index contributed by atoms with van der Waals surface area (Å²) < 4.78 is 1.94. The Bertz CT molecular complexity index is 597. The molecule has 0 radical (unpaired) electrons. The predicted molar refractivity (Wildman–Crippen MR) is 61.7 cm³/mol. The largest absolute Gasteiger partial charge is 0.478 e. The number of nitrogens with zero attached hydrogens (tertiary/aromatic N) is 2. The number of carbonyl (C=O) groups is 1. The number of nitrogen functional groups attached to an aromatic ring is 1. The second kappa shape index (κ2) is 3.38. The van der Waals surface area contributed by atoms with E-state index in [1.54, 1.807) is 12.3 Å². The van der Waals surface area contributed by atoms with Gasteiger partial charge in [0.2, 0.25) is 0 Å². The van der Waals surface area contributed by atoms with Gasteiger partial charge in [-0.05, 0) is 18.9 Å². The van der Waals surface area contributed by atoms with E-state index >= 15 is 0 Å².